The second kappa shape index (κ2) is 13.1. The molecule has 0 amide bonds. The number of rotatable bonds is 10. The van der Waals surface area contributed by atoms with Crippen LogP contribution in [-0.4, -0.2) is 11.9 Å². The van der Waals surface area contributed by atoms with Gasteiger partial charge >= 0.3 is 18.1 Å². The summed E-state index contributed by atoms with van der Waals surface area (Å²) in [7, 11) is 0. The van der Waals surface area contributed by atoms with E-state index in [4.69, 9.17) is 18.9 Å². The van der Waals surface area contributed by atoms with Gasteiger partial charge in [0.2, 0.25) is 0 Å². The van der Waals surface area contributed by atoms with Crippen molar-refractivity contribution in [1.82, 2.24) is 0 Å². The van der Waals surface area contributed by atoms with Gasteiger partial charge in [-0.05, 0) is 66.4 Å². The Labute approximate surface area is 229 Å². The topological polar surface area (TPSA) is 71.1 Å². The molecular formula is C31H25F3O6. The molecule has 9 heteroatoms. The lowest BCUT2D eigenvalue weighted by Crippen LogP contribution is -2.07. The van der Waals surface area contributed by atoms with Gasteiger partial charge in [0.05, 0.1) is 5.56 Å². The largest absolute Gasteiger partial charge is 0.462 e. The van der Waals surface area contributed by atoms with Gasteiger partial charge in [0, 0.05) is 11.1 Å². The van der Waals surface area contributed by atoms with E-state index in [1.807, 2.05) is 0 Å². The molecule has 0 aliphatic heterocycles. The van der Waals surface area contributed by atoms with Crippen molar-refractivity contribution in [1.29, 1.82) is 0 Å². The SMILES string of the molecule is C=C(C)C(=O)OC=COc1ccc(-c2ccc(-c3ccc(OC=COC(=O)C(=C)C)cc3)c(C(F)(F)F)c2)cc1. The summed E-state index contributed by atoms with van der Waals surface area (Å²) in [5, 5.41) is 0. The number of carbonyl (C=O) groups is 2. The van der Waals surface area contributed by atoms with E-state index in [1.165, 1.54) is 44.2 Å². The Hall–Kier alpha value is -5.05. The lowest BCUT2D eigenvalue weighted by Gasteiger charge is -2.15. The molecule has 0 spiro atoms. The van der Waals surface area contributed by atoms with Crippen molar-refractivity contribution >= 4 is 11.9 Å². The average Bonchev–Trinajstić information content (AvgIpc) is 2.93. The van der Waals surface area contributed by atoms with E-state index in [0.717, 1.165) is 31.1 Å². The van der Waals surface area contributed by atoms with Crippen LogP contribution in [0.2, 0.25) is 0 Å². The zero-order valence-electron chi connectivity index (χ0n) is 21.7. The zero-order valence-corrected chi connectivity index (χ0v) is 21.7. The molecule has 0 aliphatic rings. The quantitative estimate of drug-likeness (QED) is 0.145. The van der Waals surface area contributed by atoms with Crippen LogP contribution in [0.4, 0.5) is 13.2 Å². The summed E-state index contributed by atoms with van der Waals surface area (Å²) in [5.41, 5.74) is 0.910. The van der Waals surface area contributed by atoms with Gasteiger partial charge in [-0.2, -0.15) is 13.2 Å². The number of ether oxygens (including phenoxy) is 4. The van der Waals surface area contributed by atoms with Crippen molar-refractivity contribution in [3.05, 3.63) is 122 Å². The van der Waals surface area contributed by atoms with E-state index in [1.54, 1.807) is 30.3 Å². The van der Waals surface area contributed by atoms with Gasteiger partial charge in [-0.25, -0.2) is 9.59 Å². The van der Waals surface area contributed by atoms with E-state index >= 15 is 0 Å². The van der Waals surface area contributed by atoms with E-state index in [9.17, 15) is 22.8 Å². The first-order valence-electron chi connectivity index (χ1n) is 11.7. The number of hydrogen-bond acceptors (Lipinski definition) is 6. The van der Waals surface area contributed by atoms with Gasteiger partial charge in [0.25, 0.3) is 0 Å². The molecule has 0 atom stereocenters. The fourth-order valence-corrected chi connectivity index (χ4v) is 3.24. The van der Waals surface area contributed by atoms with Crippen molar-refractivity contribution in [2.45, 2.75) is 20.0 Å². The van der Waals surface area contributed by atoms with Crippen molar-refractivity contribution < 1.29 is 41.7 Å². The van der Waals surface area contributed by atoms with E-state index in [0.29, 0.717) is 28.2 Å². The van der Waals surface area contributed by atoms with Gasteiger partial charge in [-0.1, -0.05) is 49.6 Å². The highest BCUT2D eigenvalue weighted by atomic mass is 19.4. The molecule has 0 unspecified atom stereocenters. The van der Waals surface area contributed by atoms with Gasteiger partial charge < -0.3 is 18.9 Å². The third kappa shape index (κ3) is 8.22. The maximum absolute atomic E-state index is 14.0. The van der Waals surface area contributed by atoms with Crippen molar-refractivity contribution in [3.63, 3.8) is 0 Å². The lowest BCUT2D eigenvalue weighted by atomic mass is 9.94. The molecule has 0 saturated heterocycles. The highest BCUT2D eigenvalue weighted by molar-refractivity contribution is 5.87. The first kappa shape index (κ1) is 29.5. The van der Waals surface area contributed by atoms with E-state index in [2.05, 4.69) is 13.2 Å². The van der Waals surface area contributed by atoms with Gasteiger partial charge in [-0.3, -0.25) is 0 Å². The average molecular weight is 551 g/mol. The predicted octanol–water partition coefficient (Wildman–Crippen LogP) is 7.98. The summed E-state index contributed by atoms with van der Waals surface area (Å²) in [6, 6.07) is 16.5. The van der Waals surface area contributed by atoms with Crippen molar-refractivity contribution in [2.24, 2.45) is 0 Å². The van der Waals surface area contributed by atoms with Crippen LogP contribution in [0.25, 0.3) is 22.3 Å². The van der Waals surface area contributed by atoms with Crippen molar-refractivity contribution in [3.8, 4) is 33.8 Å². The molecule has 0 saturated carbocycles. The van der Waals surface area contributed by atoms with E-state index in [-0.39, 0.29) is 16.7 Å². The minimum Gasteiger partial charge on any atom is -0.462 e. The Bertz CT molecular complexity index is 1450. The second-order valence-corrected chi connectivity index (χ2v) is 8.46. The molecule has 0 heterocycles. The molecule has 0 aliphatic carbocycles. The number of esters is 2. The number of alkyl halides is 3. The van der Waals surface area contributed by atoms with Gasteiger partial charge in [0.15, 0.2) is 0 Å². The zero-order chi connectivity index (χ0) is 29.3. The number of carbonyl (C=O) groups excluding carboxylic acids is 2. The first-order chi connectivity index (χ1) is 19.0. The van der Waals surface area contributed by atoms with Crippen LogP contribution >= 0.6 is 0 Å². The maximum Gasteiger partial charge on any atom is 0.417 e. The molecule has 0 N–H and O–H groups in total. The van der Waals surface area contributed by atoms with Crippen LogP contribution in [0.1, 0.15) is 19.4 Å². The van der Waals surface area contributed by atoms with Crippen molar-refractivity contribution in [2.75, 3.05) is 0 Å². The number of halogens is 3. The van der Waals surface area contributed by atoms with Gasteiger partial charge in [-0.15, -0.1) is 0 Å². The summed E-state index contributed by atoms with van der Waals surface area (Å²) in [6.45, 7) is 9.91. The molecule has 0 radical (unpaired) electrons. The standard InChI is InChI=1S/C31H25F3O6/c1-20(2)29(35)39-17-15-37-25-10-5-22(6-11-25)24-9-14-27(28(19-24)31(32,33)34)23-7-12-26(13-8-23)38-16-18-40-30(36)21(3)4/h5-19H,1,3H2,2,4H3. The third-order valence-corrected chi connectivity index (χ3v) is 5.24. The summed E-state index contributed by atoms with van der Waals surface area (Å²) >= 11 is 0. The Balaban J connectivity index is 1.74. The Morgan fingerprint density at radius 3 is 1.50 bits per heavy atom. The second-order valence-electron chi connectivity index (χ2n) is 8.46. The molecule has 206 valence electrons. The molecule has 40 heavy (non-hydrogen) atoms. The summed E-state index contributed by atoms with van der Waals surface area (Å²) in [5.74, 6) is -0.481. The fraction of sp³-hybridized carbons (Fsp3) is 0.0968. The molecule has 3 aromatic carbocycles. The van der Waals surface area contributed by atoms with Crippen LogP contribution in [0.5, 0.6) is 11.5 Å². The Morgan fingerprint density at radius 1 is 0.650 bits per heavy atom. The predicted molar refractivity (Wildman–Crippen MR) is 144 cm³/mol. The van der Waals surface area contributed by atoms with E-state index < -0.39 is 23.7 Å². The molecule has 0 fully saturated rings. The maximum atomic E-state index is 14.0. The molecule has 3 aromatic rings. The highest BCUT2D eigenvalue weighted by Gasteiger charge is 2.34. The summed E-state index contributed by atoms with van der Waals surface area (Å²) in [6.07, 6.45) is -0.196. The molecular weight excluding hydrogens is 525 g/mol. The minimum atomic E-state index is -4.61. The van der Waals surface area contributed by atoms with Crippen LogP contribution in [-0.2, 0) is 25.2 Å². The Morgan fingerprint density at radius 2 is 1.07 bits per heavy atom. The van der Waals surface area contributed by atoms with Gasteiger partial charge in [0.1, 0.15) is 36.5 Å². The molecule has 0 bridgehead atoms. The minimum absolute atomic E-state index is 0.00290. The number of benzene rings is 3. The van der Waals surface area contributed by atoms with Crippen LogP contribution < -0.4 is 9.47 Å². The van der Waals surface area contributed by atoms with Crippen LogP contribution in [0.15, 0.2) is 116 Å². The first-order valence-corrected chi connectivity index (χ1v) is 11.7. The normalized spacial score (nSPS) is 11.3. The van der Waals surface area contributed by atoms with Crippen LogP contribution in [0.3, 0.4) is 0 Å². The fourth-order valence-electron chi connectivity index (χ4n) is 3.24. The monoisotopic (exact) mass is 550 g/mol. The highest BCUT2D eigenvalue weighted by Crippen LogP contribution is 2.40. The lowest BCUT2D eigenvalue weighted by molar-refractivity contribution is -0.137. The summed E-state index contributed by atoms with van der Waals surface area (Å²) in [4.78, 5) is 22.7. The smallest absolute Gasteiger partial charge is 0.417 e. The Kier molecular flexibility index (Phi) is 9.70. The third-order valence-electron chi connectivity index (χ3n) is 5.24. The number of hydrogen-bond donors (Lipinski definition) is 0. The molecule has 0 aromatic heterocycles. The molecule has 3 rings (SSSR count). The van der Waals surface area contributed by atoms with Crippen LogP contribution in [0, 0.1) is 0 Å². The summed E-state index contributed by atoms with van der Waals surface area (Å²) < 4.78 is 62.3. The molecule has 6 nitrogen and oxygen atoms in total.